The standard InChI is InChI=1S/C26H27NO5/c1-16-10-11-17(12-18(16)14-28)25(30)24(29)13-27-26(31)32-15-23-21-8-4-2-6-19(21)20-7-3-5-9-22(20)23/h2-12,23-25,28-30H,13-15H2,1H3,(H,27,31). The van der Waals surface area contributed by atoms with Crippen molar-refractivity contribution in [1.29, 1.82) is 0 Å². The van der Waals surface area contributed by atoms with Gasteiger partial charge in [0.05, 0.1) is 6.61 Å². The summed E-state index contributed by atoms with van der Waals surface area (Å²) in [4.78, 5) is 12.3. The molecule has 2 atom stereocenters. The highest BCUT2D eigenvalue weighted by Crippen LogP contribution is 2.44. The number of benzene rings is 3. The van der Waals surface area contributed by atoms with Gasteiger partial charge in [0.25, 0.3) is 0 Å². The Kier molecular flexibility index (Phi) is 6.55. The summed E-state index contributed by atoms with van der Waals surface area (Å²) in [5, 5.41) is 32.6. The number of aliphatic hydroxyl groups excluding tert-OH is 3. The van der Waals surface area contributed by atoms with Gasteiger partial charge in [0, 0.05) is 12.5 Å². The summed E-state index contributed by atoms with van der Waals surface area (Å²) >= 11 is 0. The summed E-state index contributed by atoms with van der Waals surface area (Å²) in [6.45, 7) is 1.72. The van der Waals surface area contributed by atoms with E-state index in [0.29, 0.717) is 11.1 Å². The van der Waals surface area contributed by atoms with Crippen molar-refractivity contribution in [2.75, 3.05) is 13.2 Å². The van der Waals surface area contributed by atoms with Gasteiger partial charge >= 0.3 is 6.09 Å². The number of alkyl carbamates (subject to hydrolysis) is 1. The van der Waals surface area contributed by atoms with Crippen LogP contribution in [0.2, 0.25) is 0 Å². The fraction of sp³-hybridized carbons (Fsp3) is 0.269. The SMILES string of the molecule is Cc1ccc(C(O)C(O)CNC(=O)OCC2c3ccccc3-c3ccccc32)cc1CO. The molecule has 0 saturated carbocycles. The molecule has 166 valence electrons. The number of aryl methyl sites for hydroxylation is 1. The van der Waals surface area contributed by atoms with Crippen molar-refractivity contribution >= 4 is 6.09 Å². The average Bonchev–Trinajstić information content (AvgIpc) is 3.14. The molecule has 0 spiro atoms. The van der Waals surface area contributed by atoms with E-state index in [1.54, 1.807) is 18.2 Å². The highest BCUT2D eigenvalue weighted by atomic mass is 16.5. The molecule has 1 amide bonds. The molecule has 0 bridgehead atoms. The minimum atomic E-state index is -1.22. The molecule has 0 fully saturated rings. The fourth-order valence-corrected chi connectivity index (χ4v) is 4.22. The summed E-state index contributed by atoms with van der Waals surface area (Å²) in [7, 11) is 0. The van der Waals surface area contributed by atoms with Gasteiger partial charge in [0.15, 0.2) is 0 Å². The van der Waals surface area contributed by atoms with Gasteiger partial charge in [-0.25, -0.2) is 4.79 Å². The number of hydrogen-bond donors (Lipinski definition) is 4. The monoisotopic (exact) mass is 433 g/mol. The number of rotatable bonds is 7. The zero-order chi connectivity index (χ0) is 22.7. The Hall–Kier alpha value is -3.19. The maximum Gasteiger partial charge on any atom is 0.407 e. The number of carbonyl (C=O) groups is 1. The summed E-state index contributed by atoms with van der Waals surface area (Å²) < 4.78 is 5.45. The lowest BCUT2D eigenvalue weighted by Crippen LogP contribution is -2.36. The molecule has 6 heteroatoms. The van der Waals surface area contributed by atoms with Crippen molar-refractivity contribution < 1.29 is 24.9 Å². The molecule has 1 aliphatic carbocycles. The molecule has 0 heterocycles. The van der Waals surface area contributed by atoms with Crippen LogP contribution < -0.4 is 5.32 Å². The van der Waals surface area contributed by atoms with E-state index >= 15 is 0 Å². The number of aliphatic hydroxyl groups is 3. The Balaban J connectivity index is 1.34. The largest absolute Gasteiger partial charge is 0.449 e. The Labute approximate surface area is 187 Å². The Bertz CT molecular complexity index is 1070. The van der Waals surface area contributed by atoms with Crippen LogP contribution >= 0.6 is 0 Å². The molecule has 2 unspecified atom stereocenters. The molecule has 0 saturated heterocycles. The van der Waals surface area contributed by atoms with E-state index in [-0.39, 0.29) is 25.7 Å². The lowest BCUT2D eigenvalue weighted by atomic mass is 9.98. The molecule has 0 aliphatic heterocycles. The number of hydrogen-bond acceptors (Lipinski definition) is 5. The van der Waals surface area contributed by atoms with Gasteiger partial charge < -0.3 is 25.4 Å². The first-order valence-corrected chi connectivity index (χ1v) is 10.6. The maximum absolute atomic E-state index is 12.3. The predicted molar refractivity (Wildman–Crippen MR) is 121 cm³/mol. The van der Waals surface area contributed by atoms with Gasteiger partial charge in [-0.15, -0.1) is 0 Å². The first kappa shape index (κ1) is 22.0. The lowest BCUT2D eigenvalue weighted by molar-refractivity contribution is 0.0184. The zero-order valence-electron chi connectivity index (χ0n) is 17.9. The zero-order valence-corrected chi connectivity index (χ0v) is 17.9. The number of carbonyl (C=O) groups excluding carboxylic acids is 1. The van der Waals surface area contributed by atoms with Crippen molar-refractivity contribution in [3.63, 3.8) is 0 Å². The number of ether oxygens (including phenoxy) is 1. The van der Waals surface area contributed by atoms with E-state index in [2.05, 4.69) is 17.4 Å². The molecular weight excluding hydrogens is 406 g/mol. The van der Waals surface area contributed by atoms with Crippen molar-refractivity contribution in [3.05, 3.63) is 94.5 Å². The molecule has 3 aromatic carbocycles. The van der Waals surface area contributed by atoms with Crippen LogP contribution in [0.4, 0.5) is 4.79 Å². The van der Waals surface area contributed by atoms with E-state index in [1.165, 1.54) is 0 Å². The van der Waals surface area contributed by atoms with E-state index in [9.17, 15) is 20.1 Å². The molecule has 1 aliphatic rings. The minimum Gasteiger partial charge on any atom is -0.449 e. The van der Waals surface area contributed by atoms with Gasteiger partial charge in [-0.3, -0.25) is 0 Å². The van der Waals surface area contributed by atoms with Crippen LogP contribution in [0.15, 0.2) is 66.7 Å². The summed E-state index contributed by atoms with van der Waals surface area (Å²) in [6.07, 6.45) is -3.07. The molecule has 4 N–H and O–H groups in total. The highest BCUT2D eigenvalue weighted by Gasteiger charge is 2.29. The second kappa shape index (κ2) is 9.53. The van der Waals surface area contributed by atoms with E-state index in [1.807, 2.05) is 43.3 Å². The van der Waals surface area contributed by atoms with Crippen molar-refractivity contribution in [1.82, 2.24) is 5.32 Å². The summed E-state index contributed by atoms with van der Waals surface area (Å²) in [6, 6.07) is 21.3. The molecular formula is C26H27NO5. The quantitative estimate of drug-likeness (QED) is 0.458. The van der Waals surface area contributed by atoms with Crippen LogP contribution in [0.5, 0.6) is 0 Å². The molecule has 4 rings (SSSR count). The van der Waals surface area contributed by atoms with Crippen LogP contribution in [0.3, 0.4) is 0 Å². The maximum atomic E-state index is 12.3. The Morgan fingerprint density at radius 1 is 1.00 bits per heavy atom. The van der Waals surface area contributed by atoms with Gasteiger partial charge in [-0.2, -0.15) is 0 Å². The second-order valence-electron chi connectivity index (χ2n) is 8.06. The van der Waals surface area contributed by atoms with Gasteiger partial charge in [0.1, 0.15) is 18.8 Å². The van der Waals surface area contributed by atoms with Gasteiger partial charge in [-0.05, 0) is 45.9 Å². The van der Waals surface area contributed by atoms with E-state index < -0.39 is 18.3 Å². The molecule has 0 radical (unpaired) electrons. The first-order valence-electron chi connectivity index (χ1n) is 10.6. The molecule has 6 nitrogen and oxygen atoms in total. The normalized spacial score (nSPS) is 14.4. The first-order chi connectivity index (χ1) is 15.5. The second-order valence-corrected chi connectivity index (χ2v) is 8.06. The van der Waals surface area contributed by atoms with Crippen LogP contribution in [-0.2, 0) is 11.3 Å². The van der Waals surface area contributed by atoms with Crippen LogP contribution in [0.1, 0.15) is 39.8 Å². The third-order valence-corrected chi connectivity index (χ3v) is 6.05. The smallest absolute Gasteiger partial charge is 0.407 e. The van der Waals surface area contributed by atoms with E-state index in [4.69, 9.17) is 4.74 Å². The third-order valence-electron chi connectivity index (χ3n) is 6.05. The van der Waals surface area contributed by atoms with Gasteiger partial charge in [0.2, 0.25) is 0 Å². The van der Waals surface area contributed by atoms with Crippen molar-refractivity contribution in [2.45, 2.75) is 31.7 Å². The number of fused-ring (bicyclic) bond motifs is 3. The molecule has 3 aromatic rings. The molecule has 0 aromatic heterocycles. The predicted octanol–water partition coefficient (Wildman–Crippen LogP) is 3.42. The Morgan fingerprint density at radius 3 is 2.25 bits per heavy atom. The third kappa shape index (κ3) is 4.39. The summed E-state index contributed by atoms with van der Waals surface area (Å²) in [5.74, 6) is -0.0480. The highest BCUT2D eigenvalue weighted by molar-refractivity contribution is 5.79. The van der Waals surface area contributed by atoms with Crippen LogP contribution in [0, 0.1) is 6.92 Å². The fourth-order valence-electron chi connectivity index (χ4n) is 4.22. The van der Waals surface area contributed by atoms with Gasteiger partial charge in [-0.1, -0.05) is 66.7 Å². The minimum absolute atomic E-state index is 0.0480. The van der Waals surface area contributed by atoms with E-state index in [0.717, 1.165) is 27.8 Å². The van der Waals surface area contributed by atoms with Crippen molar-refractivity contribution in [2.24, 2.45) is 0 Å². The Morgan fingerprint density at radius 2 is 1.62 bits per heavy atom. The summed E-state index contributed by atoms with van der Waals surface area (Å²) in [5.41, 5.74) is 6.59. The number of amides is 1. The topological polar surface area (TPSA) is 99.0 Å². The average molecular weight is 434 g/mol. The van der Waals surface area contributed by atoms with Crippen LogP contribution in [0.25, 0.3) is 11.1 Å². The van der Waals surface area contributed by atoms with Crippen molar-refractivity contribution in [3.8, 4) is 11.1 Å². The lowest BCUT2D eigenvalue weighted by Gasteiger charge is -2.20. The molecule has 32 heavy (non-hydrogen) atoms. The number of nitrogens with one attached hydrogen (secondary N) is 1. The van der Waals surface area contributed by atoms with Crippen LogP contribution in [-0.4, -0.2) is 40.7 Å².